The summed E-state index contributed by atoms with van der Waals surface area (Å²) in [5.74, 6) is -0.263. The van der Waals surface area contributed by atoms with Crippen LogP contribution in [-0.2, 0) is 14.6 Å². The second kappa shape index (κ2) is 7.81. The van der Waals surface area contributed by atoms with E-state index in [0.717, 1.165) is 16.8 Å². The van der Waals surface area contributed by atoms with Crippen LogP contribution in [0.15, 0.2) is 47.4 Å². The zero-order valence-electron chi connectivity index (χ0n) is 13.7. The first-order chi connectivity index (χ1) is 11.3. The Balaban J connectivity index is 1.89. The second-order valence-corrected chi connectivity index (χ2v) is 8.35. The molecule has 2 rings (SSSR count). The minimum Gasteiger partial charge on any atom is -0.326 e. The van der Waals surface area contributed by atoms with Gasteiger partial charge in [-0.15, -0.1) is 0 Å². The molecule has 24 heavy (non-hydrogen) atoms. The first-order valence-corrected chi connectivity index (χ1v) is 9.66. The van der Waals surface area contributed by atoms with Gasteiger partial charge >= 0.3 is 0 Å². The number of benzene rings is 2. The molecular formula is C18H20ClNO3S. The third-order valence-corrected chi connectivity index (χ3v) is 5.56. The second-order valence-electron chi connectivity index (χ2n) is 5.80. The van der Waals surface area contributed by atoms with E-state index in [0.29, 0.717) is 5.02 Å². The van der Waals surface area contributed by atoms with E-state index in [2.05, 4.69) is 5.32 Å². The Morgan fingerprint density at radius 3 is 2.21 bits per heavy atom. The van der Waals surface area contributed by atoms with Crippen LogP contribution in [0.25, 0.3) is 0 Å². The molecule has 0 radical (unpaired) electrons. The standard InChI is InChI=1S/C18H20ClNO3S/c1-13-10-14(2)12-16(11-13)20-18(21)4-3-9-24(22,23)17-7-5-15(19)6-8-17/h5-8,10-12H,3-4,9H2,1-2H3,(H,20,21). The van der Waals surface area contributed by atoms with Crippen LogP contribution in [0.1, 0.15) is 24.0 Å². The molecule has 0 unspecified atom stereocenters. The number of anilines is 1. The Morgan fingerprint density at radius 2 is 1.62 bits per heavy atom. The molecular weight excluding hydrogens is 346 g/mol. The summed E-state index contributed by atoms with van der Waals surface area (Å²) in [6, 6.07) is 11.8. The quantitative estimate of drug-likeness (QED) is 0.836. The van der Waals surface area contributed by atoms with Gasteiger partial charge in [-0.2, -0.15) is 0 Å². The number of carbonyl (C=O) groups excluding carboxylic acids is 1. The van der Waals surface area contributed by atoms with Gasteiger partial charge in [0.1, 0.15) is 0 Å². The van der Waals surface area contributed by atoms with Crippen LogP contribution in [0.4, 0.5) is 5.69 Å². The highest BCUT2D eigenvalue weighted by Crippen LogP contribution is 2.17. The highest BCUT2D eigenvalue weighted by Gasteiger charge is 2.15. The number of aryl methyl sites for hydroxylation is 2. The Hall–Kier alpha value is -1.85. The SMILES string of the molecule is Cc1cc(C)cc(NC(=O)CCCS(=O)(=O)c2ccc(Cl)cc2)c1. The van der Waals surface area contributed by atoms with Gasteiger partial charge in [0.25, 0.3) is 0 Å². The lowest BCUT2D eigenvalue weighted by molar-refractivity contribution is -0.116. The van der Waals surface area contributed by atoms with E-state index in [-0.39, 0.29) is 29.4 Å². The zero-order chi connectivity index (χ0) is 17.7. The number of amides is 1. The van der Waals surface area contributed by atoms with Crippen LogP contribution in [0.2, 0.25) is 5.02 Å². The molecule has 4 nitrogen and oxygen atoms in total. The van der Waals surface area contributed by atoms with Crippen molar-refractivity contribution >= 4 is 33.0 Å². The van der Waals surface area contributed by atoms with Crippen molar-refractivity contribution in [3.05, 3.63) is 58.6 Å². The van der Waals surface area contributed by atoms with Crippen LogP contribution in [-0.4, -0.2) is 20.1 Å². The van der Waals surface area contributed by atoms with Crippen molar-refractivity contribution in [1.29, 1.82) is 0 Å². The van der Waals surface area contributed by atoms with Crippen molar-refractivity contribution in [3.63, 3.8) is 0 Å². The number of hydrogen-bond acceptors (Lipinski definition) is 3. The minimum atomic E-state index is -3.40. The predicted molar refractivity (Wildman–Crippen MR) is 97.3 cm³/mol. The fraction of sp³-hybridized carbons (Fsp3) is 0.278. The third-order valence-electron chi connectivity index (χ3n) is 3.50. The molecule has 2 aromatic rings. The molecule has 0 aromatic heterocycles. The first kappa shape index (κ1) is 18.5. The van der Waals surface area contributed by atoms with E-state index in [4.69, 9.17) is 11.6 Å². The molecule has 0 aliphatic carbocycles. The molecule has 1 amide bonds. The average Bonchev–Trinajstić information content (AvgIpc) is 2.46. The van der Waals surface area contributed by atoms with Gasteiger partial charge < -0.3 is 5.32 Å². The topological polar surface area (TPSA) is 63.2 Å². The number of rotatable bonds is 6. The Morgan fingerprint density at radius 1 is 1.04 bits per heavy atom. The summed E-state index contributed by atoms with van der Waals surface area (Å²) >= 11 is 5.76. The highest BCUT2D eigenvalue weighted by atomic mass is 35.5. The van der Waals surface area contributed by atoms with Crippen molar-refractivity contribution in [2.24, 2.45) is 0 Å². The first-order valence-electron chi connectivity index (χ1n) is 7.63. The van der Waals surface area contributed by atoms with Gasteiger partial charge in [-0.25, -0.2) is 8.42 Å². The molecule has 2 aromatic carbocycles. The van der Waals surface area contributed by atoms with Crippen molar-refractivity contribution < 1.29 is 13.2 Å². The summed E-state index contributed by atoms with van der Waals surface area (Å²) in [6.45, 7) is 3.92. The fourth-order valence-corrected chi connectivity index (χ4v) is 3.89. The van der Waals surface area contributed by atoms with Gasteiger partial charge in [-0.05, 0) is 67.8 Å². The molecule has 1 N–H and O–H groups in total. The molecule has 0 saturated heterocycles. The summed E-state index contributed by atoms with van der Waals surface area (Å²) in [6.07, 6.45) is 0.418. The maximum atomic E-state index is 12.2. The number of sulfone groups is 1. The van der Waals surface area contributed by atoms with E-state index >= 15 is 0 Å². The molecule has 0 atom stereocenters. The van der Waals surface area contributed by atoms with Gasteiger partial charge in [0.15, 0.2) is 9.84 Å². The van der Waals surface area contributed by atoms with Crippen molar-refractivity contribution in [2.45, 2.75) is 31.6 Å². The van der Waals surface area contributed by atoms with Gasteiger partial charge in [-0.1, -0.05) is 17.7 Å². The molecule has 0 spiro atoms. The van der Waals surface area contributed by atoms with Crippen molar-refractivity contribution in [3.8, 4) is 0 Å². The van der Waals surface area contributed by atoms with E-state index < -0.39 is 9.84 Å². The normalized spacial score (nSPS) is 11.3. The van der Waals surface area contributed by atoms with E-state index in [9.17, 15) is 13.2 Å². The van der Waals surface area contributed by atoms with Gasteiger partial charge in [-0.3, -0.25) is 4.79 Å². The highest BCUT2D eigenvalue weighted by molar-refractivity contribution is 7.91. The number of carbonyl (C=O) groups is 1. The molecule has 0 fully saturated rings. The largest absolute Gasteiger partial charge is 0.326 e. The molecule has 0 bridgehead atoms. The Bertz CT molecular complexity index is 810. The number of nitrogens with one attached hydrogen (secondary N) is 1. The maximum absolute atomic E-state index is 12.2. The van der Waals surface area contributed by atoms with Crippen molar-refractivity contribution in [2.75, 3.05) is 11.1 Å². The van der Waals surface area contributed by atoms with Crippen LogP contribution in [0, 0.1) is 13.8 Å². The summed E-state index contributed by atoms with van der Waals surface area (Å²) in [4.78, 5) is 12.2. The predicted octanol–water partition coefficient (Wildman–Crippen LogP) is 4.15. The summed E-state index contributed by atoms with van der Waals surface area (Å²) < 4.78 is 24.4. The summed E-state index contributed by atoms with van der Waals surface area (Å²) in [7, 11) is -3.40. The van der Waals surface area contributed by atoms with Gasteiger partial charge in [0, 0.05) is 17.1 Å². The molecule has 0 aliphatic heterocycles. The summed E-state index contributed by atoms with van der Waals surface area (Å²) in [5, 5.41) is 3.29. The number of hydrogen-bond donors (Lipinski definition) is 1. The smallest absolute Gasteiger partial charge is 0.224 e. The van der Waals surface area contributed by atoms with Crippen LogP contribution < -0.4 is 5.32 Å². The molecule has 0 saturated carbocycles. The lowest BCUT2D eigenvalue weighted by Gasteiger charge is -2.08. The molecule has 0 aliphatic rings. The molecule has 0 heterocycles. The van der Waals surface area contributed by atoms with Gasteiger partial charge in [0.05, 0.1) is 10.6 Å². The lowest BCUT2D eigenvalue weighted by Crippen LogP contribution is -2.14. The minimum absolute atomic E-state index is 0.0745. The van der Waals surface area contributed by atoms with Crippen LogP contribution >= 0.6 is 11.6 Å². The van der Waals surface area contributed by atoms with Gasteiger partial charge in [0.2, 0.25) is 5.91 Å². The summed E-state index contributed by atoms with van der Waals surface area (Å²) in [5.41, 5.74) is 2.87. The zero-order valence-corrected chi connectivity index (χ0v) is 15.2. The molecule has 6 heteroatoms. The van der Waals surface area contributed by atoms with E-state index in [1.165, 1.54) is 12.1 Å². The number of halogens is 1. The fourth-order valence-electron chi connectivity index (χ4n) is 2.45. The lowest BCUT2D eigenvalue weighted by atomic mass is 10.1. The van der Waals surface area contributed by atoms with E-state index in [1.54, 1.807) is 12.1 Å². The van der Waals surface area contributed by atoms with Crippen molar-refractivity contribution in [1.82, 2.24) is 0 Å². The van der Waals surface area contributed by atoms with E-state index in [1.807, 2.05) is 32.0 Å². The average molecular weight is 366 g/mol. The monoisotopic (exact) mass is 365 g/mol. The Kier molecular flexibility index (Phi) is 6.02. The Labute approximate surface area is 147 Å². The maximum Gasteiger partial charge on any atom is 0.224 e. The third kappa shape index (κ3) is 5.35. The van der Waals surface area contributed by atoms with Crippen LogP contribution in [0.3, 0.4) is 0 Å². The molecule has 128 valence electrons. The van der Waals surface area contributed by atoms with Crippen LogP contribution in [0.5, 0.6) is 0 Å².